The summed E-state index contributed by atoms with van der Waals surface area (Å²) in [7, 11) is 0. The predicted octanol–water partition coefficient (Wildman–Crippen LogP) is 2.97. The molecular formula is C14H9ClN2O2. The molecule has 0 saturated heterocycles. The van der Waals surface area contributed by atoms with Crippen molar-refractivity contribution in [1.82, 2.24) is 5.32 Å². The second kappa shape index (κ2) is 4.40. The summed E-state index contributed by atoms with van der Waals surface area (Å²) >= 11 is 5.81. The van der Waals surface area contributed by atoms with Crippen LogP contribution in [-0.4, -0.2) is 11.8 Å². The highest BCUT2D eigenvalue weighted by molar-refractivity contribution is 6.30. The molecule has 2 aromatic rings. The van der Waals surface area contributed by atoms with E-state index in [-0.39, 0.29) is 11.8 Å². The monoisotopic (exact) mass is 272 g/mol. The minimum atomic E-state index is -0.361. The maximum atomic E-state index is 11.5. The molecule has 3 rings (SSSR count). The summed E-state index contributed by atoms with van der Waals surface area (Å²) in [6, 6.07) is 12.3. The Morgan fingerprint density at radius 1 is 0.842 bits per heavy atom. The van der Waals surface area contributed by atoms with Gasteiger partial charge in [-0.3, -0.25) is 14.9 Å². The lowest BCUT2D eigenvalue weighted by Gasteiger charge is -2.07. The van der Waals surface area contributed by atoms with Crippen LogP contribution in [0.4, 0.5) is 11.4 Å². The minimum absolute atomic E-state index is 0.349. The molecule has 2 aromatic carbocycles. The lowest BCUT2D eigenvalue weighted by Crippen LogP contribution is -2.19. The molecule has 0 fully saturated rings. The van der Waals surface area contributed by atoms with Crippen molar-refractivity contribution in [2.75, 3.05) is 5.32 Å². The molecule has 0 radical (unpaired) electrons. The molecule has 5 heteroatoms. The Kier molecular flexibility index (Phi) is 2.72. The van der Waals surface area contributed by atoms with Gasteiger partial charge in [-0.2, -0.15) is 0 Å². The van der Waals surface area contributed by atoms with Crippen LogP contribution >= 0.6 is 11.6 Å². The van der Waals surface area contributed by atoms with Crippen LogP contribution in [0.3, 0.4) is 0 Å². The largest absolute Gasteiger partial charge is 0.356 e. The number of benzene rings is 2. The van der Waals surface area contributed by atoms with Gasteiger partial charge in [0, 0.05) is 16.4 Å². The van der Waals surface area contributed by atoms with Crippen molar-refractivity contribution < 1.29 is 9.59 Å². The standard InChI is InChI=1S/C14H9ClN2O2/c15-8-1-3-9(4-2-8)16-10-5-6-11-12(7-10)14(19)17-13(11)18/h1-7,16H,(H,17,18,19). The lowest BCUT2D eigenvalue weighted by atomic mass is 10.1. The van der Waals surface area contributed by atoms with E-state index in [4.69, 9.17) is 11.6 Å². The summed E-state index contributed by atoms with van der Waals surface area (Å²) in [5.41, 5.74) is 2.40. The lowest BCUT2D eigenvalue weighted by molar-refractivity contribution is 0.0879. The molecule has 2 amide bonds. The van der Waals surface area contributed by atoms with Crippen molar-refractivity contribution in [3.05, 3.63) is 58.6 Å². The summed E-state index contributed by atoms with van der Waals surface area (Å²) < 4.78 is 0. The number of imide groups is 1. The van der Waals surface area contributed by atoms with Crippen LogP contribution in [0.5, 0.6) is 0 Å². The number of amides is 2. The first kappa shape index (κ1) is 11.7. The number of carbonyl (C=O) groups is 2. The number of hydrogen-bond acceptors (Lipinski definition) is 3. The van der Waals surface area contributed by atoms with Crippen LogP contribution in [0.2, 0.25) is 5.02 Å². The van der Waals surface area contributed by atoms with E-state index < -0.39 is 0 Å². The van der Waals surface area contributed by atoms with Gasteiger partial charge in [-0.1, -0.05) is 11.6 Å². The summed E-state index contributed by atoms with van der Waals surface area (Å²) in [6.07, 6.45) is 0. The molecule has 19 heavy (non-hydrogen) atoms. The highest BCUT2D eigenvalue weighted by Crippen LogP contribution is 2.23. The molecule has 94 valence electrons. The number of rotatable bonds is 2. The van der Waals surface area contributed by atoms with Gasteiger partial charge in [0.05, 0.1) is 11.1 Å². The fourth-order valence-electron chi connectivity index (χ4n) is 1.95. The maximum Gasteiger partial charge on any atom is 0.259 e. The van der Waals surface area contributed by atoms with Gasteiger partial charge < -0.3 is 5.32 Å². The predicted molar refractivity (Wildman–Crippen MR) is 73.0 cm³/mol. The first-order valence-corrected chi connectivity index (χ1v) is 6.03. The van der Waals surface area contributed by atoms with Crippen LogP contribution in [0, 0.1) is 0 Å². The Balaban J connectivity index is 1.91. The van der Waals surface area contributed by atoms with E-state index in [1.807, 2.05) is 12.1 Å². The van der Waals surface area contributed by atoms with Gasteiger partial charge in [-0.15, -0.1) is 0 Å². The summed E-state index contributed by atoms with van der Waals surface area (Å²) in [4.78, 5) is 23.0. The fraction of sp³-hybridized carbons (Fsp3) is 0. The highest BCUT2D eigenvalue weighted by Gasteiger charge is 2.26. The number of anilines is 2. The molecule has 0 saturated carbocycles. The van der Waals surface area contributed by atoms with Crippen molar-refractivity contribution in [2.24, 2.45) is 0 Å². The molecule has 0 aliphatic carbocycles. The third kappa shape index (κ3) is 2.18. The molecule has 0 bridgehead atoms. The minimum Gasteiger partial charge on any atom is -0.356 e. The molecule has 1 aliphatic rings. The number of halogens is 1. The number of fused-ring (bicyclic) bond motifs is 1. The van der Waals surface area contributed by atoms with Gasteiger partial charge in [0.15, 0.2) is 0 Å². The molecule has 1 aliphatic heterocycles. The Labute approximate surface area is 114 Å². The number of nitrogens with one attached hydrogen (secondary N) is 2. The first-order valence-electron chi connectivity index (χ1n) is 5.66. The van der Waals surface area contributed by atoms with Gasteiger partial charge in [0.25, 0.3) is 11.8 Å². The van der Waals surface area contributed by atoms with E-state index in [1.54, 1.807) is 30.3 Å². The Hall–Kier alpha value is -2.33. The average molecular weight is 273 g/mol. The number of carbonyl (C=O) groups excluding carboxylic acids is 2. The van der Waals surface area contributed by atoms with E-state index in [9.17, 15) is 9.59 Å². The van der Waals surface area contributed by atoms with Crippen LogP contribution in [-0.2, 0) is 0 Å². The number of hydrogen-bond donors (Lipinski definition) is 2. The molecule has 1 heterocycles. The van der Waals surface area contributed by atoms with E-state index in [0.29, 0.717) is 16.1 Å². The van der Waals surface area contributed by atoms with Gasteiger partial charge in [-0.25, -0.2) is 0 Å². The van der Waals surface area contributed by atoms with Crippen molar-refractivity contribution in [1.29, 1.82) is 0 Å². The normalized spacial score (nSPS) is 13.1. The Morgan fingerprint density at radius 3 is 2.21 bits per heavy atom. The molecular weight excluding hydrogens is 264 g/mol. The summed E-state index contributed by atoms with van der Waals surface area (Å²) in [5.74, 6) is -0.710. The molecule has 2 N–H and O–H groups in total. The zero-order valence-electron chi connectivity index (χ0n) is 9.74. The van der Waals surface area contributed by atoms with E-state index in [2.05, 4.69) is 10.6 Å². The smallest absolute Gasteiger partial charge is 0.259 e. The molecule has 0 spiro atoms. The van der Waals surface area contributed by atoms with Crippen molar-refractivity contribution in [2.45, 2.75) is 0 Å². The molecule has 0 aromatic heterocycles. The zero-order valence-corrected chi connectivity index (χ0v) is 10.5. The van der Waals surface area contributed by atoms with Crippen molar-refractivity contribution >= 4 is 34.8 Å². The second-order valence-corrected chi connectivity index (χ2v) is 4.61. The third-order valence-corrected chi connectivity index (χ3v) is 3.12. The maximum absolute atomic E-state index is 11.5. The second-order valence-electron chi connectivity index (χ2n) is 4.18. The molecule has 0 unspecified atom stereocenters. The fourth-order valence-corrected chi connectivity index (χ4v) is 2.07. The Bertz CT molecular complexity index is 680. The average Bonchev–Trinajstić information content (AvgIpc) is 2.68. The van der Waals surface area contributed by atoms with E-state index >= 15 is 0 Å². The van der Waals surface area contributed by atoms with Gasteiger partial charge in [0.1, 0.15) is 0 Å². The highest BCUT2D eigenvalue weighted by atomic mass is 35.5. The quantitative estimate of drug-likeness (QED) is 0.827. The summed E-state index contributed by atoms with van der Waals surface area (Å²) in [6.45, 7) is 0. The van der Waals surface area contributed by atoms with E-state index in [1.165, 1.54) is 0 Å². The molecule has 4 nitrogen and oxygen atoms in total. The topological polar surface area (TPSA) is 58.2 Å². The summed E-state index contributed by atoms with van der Waals surface area (Å²) in [5, 5.41) is 6.06. The SMILES string of the molecule is O=C1NC(=O)c2cc(Nc3ccc(Cl)cc3)ccc21. The van der Waals surface area contributed by atoms with Gasteiger partial charge in [0.2, 0.25) is 0 Å². The van der Waals surface area contributed by atoms with Crippen LogP contribution in [0.1, 0.15) is 20.7 Å². The first-order chi connectivity index (χ1) is 9.13. The van der Waals surface area contributed by atoms with Crippen LogP contribution in [0.15, 0.2) is 42.5 Å². The van der Waals surface area contributed by atoms with Crippen molar-refractivity contribution in [3.63, 3.8) is 0 Å². The van der Waals surface area contributed by atoms with Gasteiger partial charge >= 0.3 is 0 Å². The Morgan fingerprint density at radius 2 is 1.47 bits per heavy atom. The van der Waals surface area contributed by atoms with E-state index in [0.717, 1.165) is 11.4 Å². The van der Waals surface area contributed by atoms with Gasteiger partial charge in [-0.05, 0) is 42.5 Å². The van der Waals surface area contributed by atoms with Crippen molar-refractivity contribution in [3.8, 4) is 0 Å². The van der Waals surface area contributed by atoms with Crippen LogP contribution < -0.4 is 10.6 Å². The third-order valence-electron chi connectivity index (χ3n) is 2.87. The zero-order chi connectivity index (χ0) is 13.4. The molecule has 0 atom stereocenters. The van der Waals surface area contributed by atoms with Crippen LogP contribution in [0.25, 0.3) is 0 Å².